The highest BCUT2D eigenvalue weighted by Crippen LogP contribution is 2.44. The molecule has 6 heterocycles. The molecule has 5 atom stereocenters. The highest BCUT2D eigenvalue weighted by Gasteiger charge is 2.49. The predicted molar refractivity (Wildman–Crippen MR) is 172 cm³/mol. The van der Waals surface area contributed by atoms with Gasteiger partial charge in [-0.2, -0.15) is 15.1 Å². The largest absolute Gasteiger partial charge is 0.461 e. The van der Waals surface area contributed by atoms with Crippen LogP contribution in [0.1, 0.15) is 44.6 Å². The molecule has 5 aromatic rings. The van der Waals surface area contributed by atoms with Gasteiger partial charge in [0.15, 0.2) is 5.82 Å². The molecule has 47 heavy (non-hydrogen) atoms. The number of ether oxygens (including phenoxy) is 1. The van der Waals surface area contributed by atoms with E-state index in [1.807, 2.05) is 13.0 Å². The average Bonchev–Trinajstić information content (AvgIpc) is 3.82. The van der Waals surface area contributed by atoms with Crippen LogP contribution in [0.2, 0.25) is 0 Å². The molecule has 1 saturated carbocycles. The quantitative estimate of drug-likeness (QED) is 0.242. The average molecular weight is 644 g/mol. The van der Waals surface area contributed by atoms with Crippen molar-refractivity contribution >= 4 is 38.4 Å². The van der Waals surface area contributed by atoms with Crippen LogP contribution in [0.25, 0.3) is 43.8 Å². The topological polar surface area (TPSA) is 103 Å². The van der Waals surface area contributed by atoms with Crippen molar-refractivity contribution in [2.24, 2.45) is 11.8 Å². The van der Waals surface area contributed by atoms with Gasteiger partial charge in [-0.05, 0) is 73.0 Å². The number of halogens is 3. The van der Waals surface area contributed by atoms with Crippen molar-refractivity contribution < 1.29 is 23.0 Å². The molecular formula is C35H36F3N7O2. The van der Waals surface area contributed by atoms with E-state index >= 15 is 8.78 Å². The molecule has 2 bridgehead atoms. The van der Waals surface area contributed by atoms with Crippen LogP contribution in [-0.2, 0) is 6.42 Å². The van der Waals surface area contributed by atoms with E-state index in [1.54, 1.807) is 18.5 Å². The molecule has 9 rings (SSSR count). The Kier molecular flexibility index (Phi) is 6.66. The second kappa shape index (κ2) is 10.7. The normalized spacial score (nSPS) is 27.5. The highest BCUT2D eigenvalue weighted by molar-refractivity contribution is 6.13. The van der Waals surface area contributed by atoms with Crippen LogP contribution < -0.4 is 9.64 Å². The molecular weight excluding hydrogens is 607 g/mol. The number of nitrogens with one attached hydrogen (secondary N) is 1. The third-order valence-corrected chi connectivity index (χ3v) is 11.2. The summed E-state index contributed by atoms with van der Waals surface area (Å²) in [7, 11) is 0. The molecule has 4 aliphatic rings. The predicted octanol–water partition coefficient (Wildman–Crippen LogP) is 5.72. The number of aliphatic hydroxyl groups excluding tert-OH is 1. The first-order valence-electron chi connectivity index (χ1n) is 16.7. The molecule has 3 aromatic heterocycles. The van der Waals surface area contributed by atoms with Crippen molar-refractivity contribution in [1.29, 1.82) is 0 Å². The Balaban J connectivity index is 1.22. The summed E-state index contributed by atoms with van der Waals surface area (Å²) in [6.07, 6.45) is 6.17. The molecule has 3 saturated heterocycles. The van der Waals surface area contributed by atoms with Gasteiger partial charge in [-0.3, -0.25) is 15.0 Å². The third-order valence-electron chi connectivity index (χ3n) is 11.2. The number of H-pyrrole nitrogens is 1. The van der Waals surface area contributed by atoms with Gasteiger partial charge < -0.3 is 14.7 Å². The number of rotatable bonds is 6. The van der Waals surface area contributed by atoms with Gasteiger partial charge in [0.25, 0.3) is 0 Å². The van der Waals surface area contributed by atoms with E-state index in [9.17, 15) is 9.50 Å². The molecule has 0 radical (unpaired) electrons. The van der Waals surface area contributed by atoms with Gasteiger partial charge >= 0.3 is 6.01 Å². The Labute approximate surface area is 269 Å². The number of aromatic nitrogens is 5. The Bertz CT molecular complexity index is 2050. The molecule has 2 N–H and O–H groups in total. The molecule has 3 aliphatic heterocycles. The number of alkyl halides is 1. The maximum Gasteiger partial charge on any atom is 0.319 e. The second-order valence-corrected chi connectivity index (χ2v) is 14.0. The fourth-order valence-electron chi connectivity index (χ4n) is 9.10. The fourth-order valence-corrected chi connectivity index (χ4v) is 9.10. The molecule has 4 fully saturated rings. The summed E-state index contributed by atoms with van der Waals surface area (Å²) in [5.41, 5.74) is 1.26. The van der Waals surface area contributed by atoms with E-state index in [0.29, 0.717) is 77.0 Å². The maximum atomic E-state index is 17.2. The van der Waals surface area contributed by atoms with Crippen molar-refractivity contribution in [3.63, 3.8) is 0 Å². The van der Waals surface area contributed by atoms with E-state index in [4.69, 9.17) is 14.7 Å². The van der Waals surface area contributed by atoms with Crippen LogP contribution in [-0.4, -0.2) is 85.8 Å². The van der Waals surface area contributed by atoms with Crippen LogP contribution in [0, 0.1) is 23.5 Å². The lowest BCUT2D eigenvalue weighted by Crippen LogP contribution is -2.43. The Morgan fingerprint density at radius 3 is 2.85 bits per heavy atom. The number of pyridine rings is 1. The first-order chi connectivity index (χ1) is 22.8. The van der Waals surface area contributed by atoms with Gasteiger partial charge in [0.05, 0.1) is 28.7 Å². The van der Waals surface area contributed by atoms with Gasteiger partial charge in [0, 0.05) is 49.1 Å². The number of aryl methyl sites for hydroxylation is 1. The number of anilines is 1. The van der Waals surface area contributed by atoms with Gasteiger partial charge in [-0.1, -0.05) is 13.0 Å². The monoisotopic (exact) mass is 643 g/mol. The number of piperidine rings is 1. The number of hydrogen-bond donors (Lipinski definition) is 2. The molecule has 0 unspecified atom stereocenters. The summed E-state index contributed by atoms with van der Waals surface area (Å²) < 4.78 is 53.2. The summed E-state index contributed by atoms with van der Waals surface area (Å²) >= 11 is 0. The number of aliphatic hydroxyl groups is 1. The van der Waals surface area contributed by atoms with Gasteiger partial charge in [0.1, 0.15) is 35.6 Å². The molecule has 9 nitrogen and oxygen atoms in total. The Morgan fingerprint density at radius 2 is 2.00 bits per heavy atom. The first kappa shape index (κ1) is 29.1. The van der Waals surface area contributed by atoms with Gasteiger partial charge in [0.2, 0.25) is 0 Å². The number of hydrogen-bond acceptors (Lipinski definition) is 8. The number of fused-ring (bicyclic) bond motifs is 6. The lowest BCUT2D eigenvalue weighted by atomic mass is 9.92. The zero-order valence-corrected chi connectivity index (χ0v) is 26.1. The second-order valence-electron chi connectivity index (χ2n) is 14.0. The van der Waals surface area contributed by atoms with Gasteiger partial charge in [-0.15, -0.1) is 0 Å². The highest BCUT2D eigenvalue weighted by atomic mass is 19.1. The first-order valence-corrected chi connectivity index (χ1v) is 16.7. The van der Waals surface area contributed by atoms with E-state index in [1.165, 1.54) is 6.07 Å². The zero-order valence-electron chi connectivity index (χ0n) is 26.1. The summed E-state index contributed by atoms with van der Waals surface area (Å²) in [6.45, 7) is 4.54. The Morgan fingerprint density at radius 1 is 1.11 bits per heavy atom. The summed E-state index contributed by atoms with van der Waals surface area (Å²) in [5.74, 6) is -0.126. The van der Waals surface area contributed by atoms with Gasteiger partial charge in [-0.25, -0.2) is 13.2 Å². The van der Waals surface area contributed by atoms with Crippen molar-refractivity contribution in [2.45, 2.75) is 63.3 Å². The maximum absolute atomic E-state index is 17.2. The summed E-state index contributed by atoms with van der Waals surface area (Å²) in [4.78, 5) is 18.4. The Hall–Kier alpha value is -4.03. The summed E-state index contributed by atoms with van der Waals surface area (Å²) in [6, 6.07) is 5.04. The fraction of sp³-hybridized carbons (Fsp3) is 0.486. The molecule has 12 heteroatoms. The minimum atomic E-state index is -0.911. The molecule has 0 amide bonds. The standard InChI is InChI=1S/C35H36F3N7O2/c1-2-22-25(37)5-4-19-10-26-23(13-40-43-26)29(28(19)22)32-30(38)31-24(12-39-32)33(44-14-18-8-20(15-44)27(46)9-18)42-34(41-31)47-17-35-6-3-7-45(35)16-21(36)11-35/h4-5,10,12-13,18,20-21,27,46H,2-3,6-9,11,14-17H2,1H3,(H,40,43)/t18-,20-,21-,27-,35+/m1/s1. The van der Waals surface area contributed by atoms with Crippen molar-refractivity contribution in [1.82, 2.24) is 30.0 Å². The SMILES string of the molecule is CCc1c(F)ccc2cc3[nH]ncc3c(-c3ncc4c(N5C[C@@H]6C[C@H](C5)[C@H](O)C6)nc(OC[C@@]56CCCN5C[C@H](F)C6)nc4c3F)c12. The van der Waals surface area contributed by atoms with Crippen molar-refractivity contribution in [2.75, 3.05) is 37.7 Å². The van der Waals surface area contributed by atoms with Crippen LogP contribution in [0.5, 0.6) is 6.01 Å². The van der Waals surface area contributed by atoms with Crippen LogP contribution in [0.15, 0.2) is 30.6 Å². The smallest absolute Gasteiger partial charge is 0.319 e. The molecule has 2 aromatic carbocycles. The van der Waals surface area contributed by atoms with Crippen molar-refractivity contribution in [3.8, 4) is 17.3 Å². The van der Waals surface area contributed by atoms with Crippen LogP contribution in [0.3, 0.4) is 0 Å². The third kappa shape index (κ3) is 4.51. The van der Waals surface area contributed by atoms with E-state index in [-0.39, 0.29) is 41.7 Å². The minimum Gasteiger partial charge on any atom is -0.461 e. The van der Waals surface area contributed by atoms with E-state index in [0.717, 1.165) is 37.6 Å². The number of benzene rings is 2. The number of aromatic amines is 1. The van der Waals surface area contributed by atoms with E-state index in [2.05, 4.69) is 25.0 Å². The lowest BCUT2D eigenvalue weighted by molar-refractivity contribution is 0.107. The summed E-state index contributed by atoms with van der Waals surface area (Å²) in [5, 5.41) is 20.2. The zero-order chi connectivity index (χ0) is 32.0. The molecule has 1 aliphatic carbocycles. The number of nitrogens with zero attached hydrogens (tertiary/aromatic N) is 6. The molecule has 244 valence electrons. The molecule has 0 spiro atoms. The lowest BCUT2D eigenvalue weighted by Gasteiger charge is -2.34. The van der Waals surface area contributed by atoms with Crippen LogP contribution >= 0.6 is 0 Å². The minimum absolute atomic E-state index is 0.0252. The van der Waals surface area contributed by atoms with Crippen LogP contribution in [0.4, 0.5) is 19.0 Å². The van der Waals surface area contributed by atoms with Crippen molar-refractivity contribution in [3.05, 3.63) is 47.8 Å². The van der Waals surface area contributed by atoms with E-state index < -0.39 is 17.5 Å².